The number of hydrogen-bond acceptors (Lipinski definition) is 4. The molecule has 27 heavy (non-hydrogen) atoms. The van der Waals surface area contributed by atoms with Gasteiger partial charge in [-0.3, -0.25) is 4.98 Å². The number of fused-ring (bicyclic) bond motifs is 1. The van der Waals surface area contributed by atoms with Crippen molar-refractivity contribution in [1.82, 2.24) is 19.9 Å². The van der Waals surface area contributed by atoms with Gasteiger partial charge < -0.3 is 0 Å². The maximum Gasteiger partial charge on any atom is 0.314 e. The fourth-order valence-corrected chi connectivity index (χ4v) is 4.30. The number of nitrogens with zero attached hydrogens (tertiary/aromatic N) is 4. The summed E-state index contributed by atoms with van der Waals surface area (Å²) in [5.74, 6) is -0.0733. The van der Waals surface area contributed by atoms with Crippen LogP contribution >= 0.6 is 0 Å². The molecule has 2 aromatic heterocycles. The van der Waals surface area contributed by atoms with E-state index in [0.717, 1.165) is 17.7 Å². The van der Waals surface area contributed by atoms with Crippen LogP contribution in [-0.4, -0.2) is 19.9 Å². The molecule has 2 heterocycles. The van der Waals surface area contributed by atoms with Crippen molar-refractivity contribution < 1.29 is 8.78 Å². The maximum atomic E-state index is 13.2. The van der Waals surface area contributed by atoms with Gasteiger partial charge in [0.05, 0.1) is 5.69 Å². The standard InChI is InChI=1S/C21H20F2N4/c1-20(2)11-21(3,4)15-9-12(5-7-14(15)20)16-8-6-13(10-24-16)17-25-18(22)27-19(23)26-17/h5-10H,11H2,1-4H3. The summed E-state index contributed by atoms with van der Waals surface area (Å²) < 4.78 is 26.4. The summed E-state index contributed by atoms with van der Waals surface area (Å²) >= 11 is 0. The van der Waals surface area contributed by atoms with Gasteiger partial charge in [-0.15, -0.1) is 0 Å². The molecule has 3 aromatic rings. The highest BCUT2D eigenvalue weighted by molar-refractivity contribution is 5.66. The number of rotatable bonds is 2. The fraction of sp³-hybridized carbons (Fsp3) is 0.333. The summed E-state index contributed by atoms with van der Waals surface area (Å²) in [7, 11) is 0. The molecule has 0 radical (unpaired) electrons. The monoisotopic (exact) mass is 366 g/mol. The Morgan fingerprint density at radius 2 is 1.41 bits per heavy atom. The number of halogens is 2. The van der Waals surface area contributed by atoms with Crippen LogP contribution in [0.2, 0.25) is 0 Å². The highest BCUT2D eigenvalue weighted by Gasteiger charge is 2.41. The molecule has 0 spiro atoms. The number of pyridine rings is 1. The van der Waals surface area contributed by atoms with E-state index in [2.05, 4.69) is 65.8 Å². The van der Waals surface area contributed by atoms with Gasteiger partial charge >= 0.3 is 12.2 Å². The first-order valence-corrected chi connectivity index (χ1v) is 8.85. The highest BCUT2D eigenvalue weighted by Crippen LogP contribution is 2.50. The summed E-state index contributed by atoms with van der Waals surface area (Å²) in [5.41, 5.74) is 5.22. The van der Waals surface area contributed by atoms with Crippen LogP contribution in [0.1, 0.15) is 45.2 Å². The van der Waals surface area contributed by atoms with Crippen molar-refractivity contribution in [2.45, 2.75) is 44.9 Å². The van der Waals surface area contributed by atoms with E-state index < -0.39 is 12.2 Å². The lowest BCUT2D eigenvalue weighted by Gasteiger charge is -2.22. The lowest BCUT2D eigenvalue weighted by Crippen LogP contribution is -2.17. The topological polar surface area (TPSA) is 51.6 Å². The molecule has 0 unspecified atom stereocenters. The lowest BCUT2D eigenvalue weighted by molar-refractivity contribution is 0.403. The van der Waals surface area contributed by atoms with Crippen molar-refractivity contribution >= 4 is 0 Å². The van der Waals surface area contributed by atoms with Crippen molar-refractivity contribution in [1.29, 1.82) is 0 Å². The van der Waals surface area contributed by atoms with Gasteiger partial charge in [0.25, 0.3) is 0 Å². The van der Waals surface area contributed by atoms with E-state index >= 15 is 0 Å². The van der Waals surface area contributed by atoms with Crippen LogP contribution in [0.5, 0.6) is 0 Å². The van der Waals surface area contributed by atoms with Gasteiger partial charge in [-0.2, -0.15) is 23.7 Å². The number of benzene rings is 1. The zero-order chi connectivity index (χ0) is 19.4. The summed E-state index contributed by atoms with van der Waals surface area (Å²) in [6.07, 6.45) is 0.322. The third-order valence-electron chi connectivity index (χ3n) is 5.26. The summed E-state index contributed by atoms with van der Waals surface area (Å²) in [4.78, 5) is 14.4. The molecular formula is C21H20F2N4. The SMILES string of the molecule is CC1(C)CC(C)(C)c2cc(-c3ccc(-c4nc(F)nc(F)n4)cn3)ccc21. The Balaban J connectivity index is 1.71. The smallest absolute Gasteiger partial charge is 0.255 e. The van der Waals surface area contributed by atoms with E-state index in [1.165, 1.54) is 17.3 Å². The predicted molar refractivity (Wildman–Crippen MR) is 99.1 cm³/mol. The minimum Gasteiger partial charge on any atom is -0.255 e. The van der Waals surface area contributed by atoms with Crippen LogP contribution in [0.15, 0.2) is 36.5 Å². The first-order chi connectivity index (χ1) is 12.7. The first kappa shape index (κ1) is 17.6. The Labute approximate surface area is 156 Å². The van der Waals surface area contributed by atoms with Gasteiger partial charge in [-0.05, 0) is 46.6 Å². The highest BCUT2D eigenvalue weighted by atomic mass is 19.1. The van der Waals surface area contributed by atoms with Crippen molar-refractivity contribution in [3.8, 4) is 22.6 Å². The lowest BCUT2D eigenvalue weighted by atomic mass is 9.82. The van der Waals surface area contributed by atoms with Crippen LogP contribution in [-0.2, 0) is 10.8 Å². The second-order valence-corrected chi connectivity index (χ2v) is 8.33. The van der Waals surface area contributed by atoms with Crippen molar-refractivity contribution in [2.75, 3.05) is 0 Å². The minimum absolute atomic E-state index is 0.0733. The quantitative estimate of drug-likeness (QED) is 0.651. The van der Waals surface area contributed by atoms with Crippen molar-refractivity contribution in [2.24, 2.45) is 0 Å². The van der Waals surface area contributed by atoms with E-state index in [-0.39, 0.29) is 16.7 Å². The molecular weight excluding hydrogens is 346 g/mol. The second-order valence-electron chi connectivity index (χ2n) is 8.33. The van der Waals surface area contributed by atoms with Gasteiger partial charge in [0.15, 0.2) is 5.82 Å². The van der Waals surface area contributed by atoms with Crippen LogP contribution in [0.4, 0.5) is 8.78 Å². The third kappa shape index (κ3) is 3.09. The summed E-state index contributed by atoms with van der Waals surface area (Å²) in [6, 6.07) is 9.98. The molecule has 0 aliphatic heterocycles. The largest absolute Gasteiger partial charge is 0.314 e. The predicted octanol–water partition coefficient (Wildman–Crippen LogP) is 4.84. The van der Waals surface area contributed by atoms with E-state index in [0.29, 0.717) is 5.56 Å². The second kappa shape index (κ2) is 5.87. The Morgan fingerprint density at radius 1 is 0.778 bits per heavy atom. The number of aromatic nitrogens is 4. The molecule has 4 rings (SSSR count). The Morgan fingerprint density at radius 3 is 2.04 bits per heavy atom. The average Bonchev–Trinajstić information content (AvgIpc) is 2.78. The van der Waals surface area contributed by atoms with E-state index in [4.69, 9.17) is 0 Å². The number of hydrogen-bond donors (Lipinski definition) is 0. The molecule has 1 aliphatic carbocycles. The molecule has 0 fully saturated rings. The Kier molecular flexibility index (Phi) is 3.84. The maximum absolute atomic E-state index is 13.2. The first-order valence-electron chi connectivity index (χ1n) is 8.85. The molecule has 0 saturated heterocycles. The molecule has 6 heteroatoms. The molecule has 138 valence electrons. The van der Waals surface area contributed by atoms with Crippen LogP contribution < -0.4 is 0 Å². The van der Waals surface area contributed by atoms with Crippen molar-refractivity contribution in [3.05, 3.63) is 59.8 Å². The van der Waals surface area contributed by atoms with Crippen molar-refractivity contribution in [3.63, 3.8) is 0 Å². The molecule has 0 atom stereocenters. The molecule has 4 nitrogen and oxygen atoms in total. The molecule has 0 bridgehead atoms. The van der Waals surface area contributed by atoms with Crippen LogP contribution in [0.3, 0.4) is 0 Å². The molecule has 1 aromatic carbocycles. The van der Waals surface area contributed by atoms with Gasteiger partial charge in [0.1, 0.15) is 0 Å². The minimum atomic E-state index is -1.15. The third-order valence-corrected chi connectivity index (χ3v) is 5.26. The summed E-state index contributed by atoms with van der Waals surface area (Å²) in [5, 5.41) is 0. The Hall–Kier alpha value is -2.76. The van der Waals surface area contributed by atoms with Crippen LogP contribution in [0, 0.1) is 12.2 Å². The molecule has 0 saturated carbocycles. The van der Waals surface area contributed by atoms with E-state index in [1.807, 2.05) is 6.07 Å². The van der Waals surface area contributed by atoms with Gasteiger partial charge in [-0.25, -0.2) is 0 Å². The van der Waals surface area contributed by atoms with Gasteiger partial charge in [0.2, 0.25) is 0 Å². The summed E-state index contributed by atoms with van der Waals surface area (Å²) in [6.45, 7) is 9.09. The fourth-order valence-electron chi connectivity index (χ4n) is 4.30. The van der Waals surface area contributed by atoms with Crippen LogP contribution in [0.25, 0.3) is 22.6 Å². The van der Waals surface area contributed by atoms with E-state index in [9.17, 15) is 8.78 Å². The van der Waals surface area contributed by atoms with Gasteiger partial charge in [-0.1, -0.05) is 39.8 Å². The van der Waals surface area contributed by atoms with E-state index in [1.54, 1.807) is 6.07 Å². The zero-order valence-electron chi connectivity index (χ0n) is 15.7. The molecule has 0 N–H and O–H groups in total. The zero-order valence-corrected chi connectivity index (χ0v) is 15.7. The average molecular weight is 366 g/mol. The molecule has 0 amide bonds. The van der Waals surface area contributed by atoms with Gasteiger partial charge in [0, 0.05) is 17.3 Å². The molecule has 1 aliphatic rings. The normalized spacial score (nSPS) is 17.0. The Bertz CT molecular complexity index is 1010.